The van der Waals surface area contributed by atoms with Crippen LogP contribution in [-0.4, -0.2) is 63.1 Å². The summed E-state index contributed by atoms with van der Waals surface area (Å²) in [6.45, 7) is 4.06. The van der Waals surface area contributed by atoms with Crippen molar-refractivity contribution in [1.82, 2.24) is 4.90 Å². The highest BCUT2D eigenvalue weighted by atomic mass is 35.5. The summed E-state index contributed by atoms with van der Waals surface area (Å²) in [6, 6.07) is 10.9. The average Bonchev–Trinajstić information content (AvgIpc) is 3.11. The number of para-hydroxylation sites is 1. The van der Waals surface area contributed by atoms with E-state index in [1.54, 1.807) is 17.0 Å². The zero-order valence-electron chi connectivity index (χ0n) is 19.5. The van der Waals surface area contributed by atoms with Gasteiger partial charge in [0.1, 0.15) is 22.9 Å². The molecule has 1 amide bonds. The number of methoxy groups -OCH3 is 2. The molecule has 8 nitrogen and oxygen atoms in total. The summed E-state index contributed by atoms with van der Waals surface area (Å²) in [6.07, 6.45) is 1.43. The first-order valence-corrected chi connectivity index (χ1v) is 11.6. The first-order valence-electron chi connectivity index (χ1n) is 11.3. The van der Waals surface area contributed by atoms with E-state index in [0.29, 0.717) is 67.1 Å². The van der Waals surface area contributed by atoms with E-state index in [-0.39, 0.29) is 17.8 Å². The largest absolute Gasteiger partial charge is 0.495 e. The Morgan fingerprint density at radius 2 is 1.82 bits per heavy atom. The van der Waals surface area contributed by atoms with Crippen LogP contribution in [0.15, 0.2) is 41.4 Å². The van der Waals surface area contributed by atoms with Crippen molar-refractivity contribution in [2.24, 2.45) is 10.9 Å². The molecular weight excluding hydrogens is 458 g/mol. The van der Waals surface area contributed by atoms with E-state index >= 15 is 0 Å². The molecule has 0 radical (unpaired) electrons. The van der Waals surface area contributed by atoms with Crippen molar-refractivity contribution in [3.05, 3.63) is 47.0 Å². The number of aliphatic imine (C=N–C) groups is 1. The molecule has 0 N–H and O–H groups in total. The van der Waals surface area contributed by atoms with Crippen LogP contribution in [0, 0.1) is 5.92 Å². The summed E-state index contributed by atoms with van der Waals surface area (Å²) in [5.74, 6) is 0.489. The highest BCUT2D eigenvalue weighted by molar-refractivity contribution is 6.54. The maximum absolute atomic E-state index is 13.5. The van der Waals surface area contributed by atoms with Gasteiger partial charge in [-0.3, -0.25) is 19.4 Å². The number of hydrogen-bond acceptors (Lipinski definition) is 7. The second kappa shape index (κ2) is 10.4. The van der Waals surface area contributed by atoms with Gasteiger partial charge in [-0.25, -0.2) is 4.99 Å². The number of nitrogens with zero attached hydrogens (tertiary/aromatic N) is 3. The second-order valence-electron chi connectivity index (χ2n) is 8.16. The Bertz CT molecular complexity index is 1110. The first kappa shape index (κ1) is 24.0. The zero-order chi connectivity index (χ0) is 24.2. The third-order valence-electron chi connectivity index (χ3n) is 6.13. The molecule has 0 saturated carbocycles. The third-order valence-corrected chi connectivity index (χ3v) is 6.43. The number of ether oxygens (including phenoxy) is 3. The zero-order valence-corrected chi connectivity index (χ0v) is 20.3. The Hall–Kier alpha value is -3.10. The molecule has 34 heavy (non-hydrogen) atoms. The van der Waals surface area contributed by atoms with Crippen molar-refractivity contribution in [1.29, 1.82) is 0 Å². The van der Waals surface area contributed by atoms with Gasteiger partial charge in [0.25, 0.3) is 5.91 Å². The van der Waals surface area contributed by atoms with Crippen LogP contribution < -0.4 is 14.4 Å². The molecule has 2 heterocycles. The number of halogens is 1. The molecule has 0 bridgehead atoms. The third kappa shape index (κ3) is 4.74. The Labute approximate surface area is 204 Å². The molecule has 0 unspecified atom stereocenters. The number of carbonyl (C=O) groups excluding carboxylic acids is 2. The smallest absolute Gasteiger partial charge is 0.309 e. The number of esters is 1. The molecule has 1 saturated heterocycles. The summed E-state index contributed by atoms with van der Waals surface area (Å²) in [5.41, 5.74) is 2.35. The average molecular weight is 486 g/mol. The van der Waals surface area contributed by atoms with Gasteiger partial charge in [0.05, 0.1) is 44.1 Å². The lowest BCUT2D eigenvalue weighted by Gasteiger charge is -2.33. The van der Waals surface area contributed by atoms with Gasteiger partial charge in [0.15, 0.2) is 0 Å². The number of benzene rings is 2. The van der Waals surface area contributed by atoms with Crippen molar-refractivity contribution in [2.75, 3.05) is 45.5 Å². The minimum atomic E-state index is -0.190. The SMILES string of the molecule is CCOC(=O)C1CCN(CN2C(=O)C(=Nc3cc(OC)c(Cl)cc3OC)c3ccccc32)CC1. The van der Waals surface area contributed by atoms with E-state index in [1.165, 1.54) is 14.2 Å². The molecule has 0 aromatic heterocycles. The second-order valence-corrected chi connectivity index (χ2v) is 8.56. The number of rotatable bonds is 7. The van der Waals surface area contributed by atoms with Gasteiger partial charge < -0.3 is 14.2 Å². The van der Waals surface area contributed by atoms with Crippen molar-refractivity contribution in [3.63, 3.8) is 0 Å². The van der Waals surface area contributed by atoms with Crippen molar-refractivity contribution in [3.8, 4) is 11.5 Å². The van der Waals surface area contributed by atoms with Gasteiger partial charge in [-0.1, -0.05) is 29.8 Å². The monoisotopic (exact) mass is 485 g/mol. The molecule has 4 rings (SSSR count). The summed E-state index contributed by atoms with van der Waals surface area (Å²) >= 11 is 6.22. The van der Waals surface area contributed by atoms with Gasteiger partial charge in [-0.15, -0.1) is 0 Å². The number of fused-ring (bicyclic) bond motifs is 1. The van der Waals surface area contributed by atoms with E-state index in [1.807, 2.05) is 31.2 Å². The lowest BCUT2D eigenvalue weighted by molar-refractivity contribution is -0.149. The van der Waals surface area contributed by atoms with E-state index in [9.17, 15) is 9.59 Å². The summed E-state index contributed by atoms with van der Waals surface area (Å²) in [5, 5.41) is 0.397. The maximum atomic E-state index is 13.5. The Kier molecular flexibility index (Phi) is 7.38. The highest BCUT2D eigenvalue weighted by Gasteiger charge is 2.36. The predicted octanol–water partition coefficient (Wildman–Crippen LogP) is 4.06. The lowest BCUT2D eigenvalue weighted by Crippen LogP contribution is -2.45. The standard InChI is InChI=1S/C25H28ClN3O5/c1-4-34-25(31)16-9-11-28(12-10-16)15-29-20-8-6-5-7-17(20)23(24(29)30)27-19-14-21(32-2)18(26)13-22(19)33-3/h5-8,13-14,16H,4,9-12,15H2,1-3H3. The molecule has 180 valence electrons. The van der Waals surface area contributed by atoms with E-state index < -0.39 is 0 Å². The summed E-state index contributed by atoms with van der Waals surface area (Å²) in [7, 11) is 3.05. The van der Waals surface area contributed by atoms with Gasteiger partial charge in [0, 0.05) is 30.8 Å². The number of carbonyl (C=O) groups is 2. The van der Waals surface area contributed by atoms with Crippen LogP contribution in [0.1, 0.15) is 25.3 Å². The predicted molar refractivity (Wildman–Crippen MR) is 130 cm³/mol. The van der Waals surface area contributed by atoms with Gasteiger partial charge in [-0.2, -0.15) is 0 Å². The number of piperidine rings is 1. The van der Waals surface area contributed by atoms with Crippen molar-refractivity contribution < 1.29 is 23.8 Å². The molecular formula is C25H28ClN3O5. The van der Waals surface area contributed by atoms with E-state index in [4.69, 9.17) is 25.8 Å². The molecule has 0 aliphatic carbocycles. The molecule has 2 aromatic rings. The minimum absolute atomic E-state index is 0.0813. The lowest BCUT2D eigenvalue weighted by atomic mass is 9.97. The molecule has 1 fully saturated rings. The molecule has 0 atom stereocenters. The van der Waals surface area contributed by atoms with Crippen LogP contribution in [-0.2, 0) is 14.3 Å². The Balaban J connectivity index is 1.58. The topological polar surface area (TPSA) is 80.7 Å². The summed E-state index contributed by atoms with van der Waals surface area (Å²) in [4.78, 5) is 34.2. The Morgan fingerprint density at radius 1 is 1.12 bits per heavy atom. The molecule has 9 heteroatoms. The van der Waals surface area contributed by atoms with Crippen LogP contribution in [0.3, 0.4) is 0 Å². The van der Waals surface area contributed by atoms with E-state index in [2.05, 4.69) is 9.89 Å². The normalized spacial score (nSPS) is 17.7. The number of anilines is 1. The van der Waals surface area contributed by atoms with Gasteiger partial charge in [0.2, 0.25) is 0 Å². The van der Waals surface area contributed by atoms with E-state index in [0.717, 1.165) is 11.3 Å². The van der Waals surface area contributed by atoms with Crippen LogP contribution in [0.2, 0.25) is 5.02 Å². The Morgan fingerprint density at radius 3 is 2.50 bits per heavy atom. The molecule has 2 aliphatic rings. The van der Waals surface area contributed by atoms with Gasteiger partial charge >= 0.3 is 5.97 Å². The minimum Gasteiger partial charge on any atom is -0.495 e. The number of likely N-dealkylation sites (tertiary alicyclic amines) is 1. The fourth-order valence-corrected chi connectivity index (χ4v) is 4.56. The fourth-order valence-electron chi connectivity index (χ4n) is 4.33. The molecule has 2 aliphatic heterocycles. The quantitative estimate of drug-likeness (QED) is 0.550. The number of amides is 1. The van der Waals surface area contributed by atoms with Gasteiger partial charge in [-0.05, 0) is 25.8 Å². The first-order chi connectivity index (χ1) is 16.5. The molecule has 0 spiro atoms. The van der Waals surface area contributed by atoms with Crippen molar-refractivity contribution in [2.45, 2.75) is 19.8 Å². The van der Waals surface area contributed by atoms with Crippen LogP contribution in [0.4, 0.5) is 11.4 Å². The maximum Gasteiger partial charge on any atom is 0.309 e. The number of hydrogen-bond donors (Lipinski definition) is 0. The van der Waals surface area contributed by atoms with Crippen LogP contribution >= 0.6 is 11.6 Å². The fraction of sp³-hybridized carbons (Fsp3) is 0.400. The van der Waals surface area contributed by atoms with Crippen LogP contribution in [0.25, 0.3) is 0 Å². The highest BCUT2D eigenvalue weighted by Crippen LogP contribution is 2.39. The van der Waals surface area contributed by atoms with Crippen molar-refractivity contribution >= 4 is 40.6 Å². The molecule has 2 aromatic carbocycles. The van der Waals surface area contributed by atoms with Crippen LogP contribution in [0.5, 0.6) is 11.5 Å². The summed E-state index contributed by atoms with van der Waals surface area (Å²) < 4.78 is 15.9.